The lowest BCUT2D eigenvalue weighted by Crippen LogP contribution is -2.00. The van der Waals surface area contributed by atoms with Gasteiger partial charge in [0.2, 0.25) is 0 Å². The van der Waals surface area contributed by atoms with E-state index in [1.807, 2.05) is 31.2 Å². The van der Waals surface area contributed by atoms with Crippen molar-refractivity contribution in [3.63, 3.8) is 0 Å². The van der Waals surface area contributed by atoms with Crippen LogP contribution in [0.25, 0.3) is 0 Å². The van der Waals surface area contributed by atoms with Crippen molar-refractivity contribution in [1.82, 2.24) is 0 Å². The number of aryl methyl sites for hydroxylation is 1. The Bertz CT molecular complexity index is 382. The zero-order valence-corrected chi connectivity index (χ0v) is 11.4. The van der Waals surface area contributed by atoms with E-state index in [0.717, 1.165) is 11.1 Å². The number of hydrogen-bond donors (Lipinski definition) is 0. The van der Waals surface area contributed by atoms with Crippen LogP contribution in [0.4, 0.5) is 0 Å². The molecule has 0 amide bonds. The van der Waals surface area contributed by atoms with E-state index in [2.05, 4.69) is 0 Å². The summed E-state index contributed by atoms with van der Waals surface area (Å²) >= 11 is 0. The highest BCUT2D eigenvalue weighted by Gasteiger charge is 2.25. The Morgan fingerprint density at radius 3 is 2.29 bits per heavy atom. The summed E-state index contributed by atoms with van der Waals surface area (Å²) in [4.78, 5) is 0. The molecule has 5 heteroatoms. The molecule has 0 heterocycles. The van der Waals surface area contributed by atoms with Gasteiger partial charge in [-0.2, -0.15) is 0 Å². The summed E-state index contributed by atoms with van der Waals surface area (Å²) in [7, 11) is -3.40. The van der Waals surface area contributed by atoms with E-state index >= 15 is 0 Å². The normalized spacial score (nSPS) is 11.7. The summed E-state index contributed by atoms with van der Waals surface area (Å²) in [5.74, 6) is 0. The molecule has 0 fully saturated rings. The maximum atomic E-state index is 12.0. The Labute approximate surface area is 103 Å². The number of hydrogen-bond acceptors (Lipinski definition) is 4. The number of phosphoric ester groups is 1. The van der Waals surface area contributed by atoms with Gasteiger partial charge in [0.25, 0.3) is 0 Å². The highest BCUT2D eigenvalue weighted by Crippen LogP contribution is 2.49. The van der Waals surface area contributed by atoms with Crippen molar-refractivity contribution in [2.24, 2.45) is 0 Å². The Balaban J connectivity index is 2.60. The van der Waals surface area contributed by atoms with Crippen LogP contribution in [-0.4, -0.2) is 13.2 Å². The summed E-state index contributed by atoms with van der Waals surface area (Å²) in [5.41, 5.74) is 2.08. The van der Waals surface area contributed by atoms with Crippen molar-refractivity contribution < 1.29 is 18.1 Å². The zero-order chi connectivity index (χ0) is 12.7. The molecule has 17 heavy (non-hydrogen) atoms. The molecule has 0 N–H and O–H groups in total. The second-order valence-corrected chi connectivity index (χ2v) is 5.21. The van der Waals surface area contributed by atoms with Crippen LogP contribution in [0.2, 0.25) is 0 Å². The largest absolute Gasteiger partial charge is 0.475 e. The molecular formula is C12H19O4P. The van der Waals surface area contributed by atoms with Gasteiger partial charge in [0.1, 0.15) is 0 Å². The van der Waals surface area contributed by atoms with Crippen molar-refractivity contribution in [1.29, 1.82) is 0 Å². The van der Waals surface area contributed by atoms with Crippen molar-refractivity contribution in [3.05, 3.63) is 35.4 Å². The third-order valence-electron chi connectivity index (χ3n) is 2.05. The van der Waals surface area contributed by atoms with Crippen LogP contribution in [0.3, 0.4) is 0 Å². The molecule has 4 nitrogen and oxygen atoms in total. The maximum Gasteiger partial charge on any atom is 0.475 e. The molecule has 0 atom stereocenters. The van der Waals surface area contributed by atoms with Gasteiger partial charge >= 0.3 is 7.82 Å². The predicted molar refractivity (Wildman–Crippen MR) is 66.8 cm³/mol. The van der Waals surface area contributed by atoms with Crippen LogP contribution in [0.1, 0.15) is 25.0 Å². The molecule has 0 saturated carbocycles. The Morgan fingerprint density at radius 1 is 1.12 bits per heavy atom. The molecule has 0 unspecified atom stereocenters. The van der Waals surface area contributed by atoms with E-state index in [4.69, 9.17) is 13.6 Å². The standard InChI is InChI=1S/C12H19O4P/c1-4-14-17(13,15-5-2)16-10-12-8-6-7-11(3)9-12/h6-9H,4-5,10H2,1-3H3. The summed E-state index contributed by atoms with van der Waals surface area (Å²) in [6.45, 7) is 6.31. The average molecular weight is 258 g/mol. The molecule has 1 aromatic rings. The summed E-state index contributed by atoms with van der Waals surface area (Å²) in [6.07, 6.45) is 0. The first-order valence-electron chi connectivity index (χ1n) is 5.69. The molecule has 0 aliphatic carbocycles. The molecule has 0 aliphatic rings. The van der Waals surface area contributed by atoms with Gasteiger partial charge in [0, 0.05) is 0 Å². The van der Waals surface area contributed by atoms with Crippen LogP contribution >= 0.6 is 7.82 Å². The molecule has 1 aromatic carbocycles. The lowest BCUT2D eigenvalue weighted by molar-refractivity contribution is 0.116. The van der Waals surface area contributed by atoms with E-state index in [0.29, 0.717) is 13.2 Å². The van der Waals surface area contributed by atoms with Gasteiger partial charge in [-0.05, 0) is 26.3 Å². The smallest absolute Gasteiger partial charge is 0.287 e. The fourth-order valence-corrected chi connectivity index (χ4v) is 2.55. The van der Waals surface area contributed by atoms with Gasteiger partial charge in [-0.25, -0.2) is 4.57 Å². The van der Waals surface area contributed by atoms with Gasteiger partial charge < -0.3 is 0 Å². The lowest BCUT2D eigenvalue weighted by atomic mass is 10.1. The highest BCUT2D eigenvalue weighted by molar-refractivity contribution is 7.48. The fourth-order valence-electron chi connectivity index (χ4n) is 1.38. The SMILES string of the molecule is CCOP(=O)(OCC)OCc1cccc(C)c1. The molecular weight excluding hydrogens is 239 g/mol. The van der Waals surface area contributed by atoms with Gasteiger partial charge in [0.05, 0.1) is 19.8 Å². The Hall–Kier alpha value is -0.670. The summed E-state index contributed by atoms with van der Waals surface area (Å²) in [5, 5.41) is 0. The third kappa shape index (κ3) is 5.00. The van der Waals surface area contributed by atoms with Crippen LogP contribution in [0, 0.1) is 6.92 Å². The number of phosphoric acid groups is 1. The molecule has 0 bridgehead atoms. The number of rotatable bonds is 7. The van der Waals surface area contributed by atoms with Gasteiger partial charge in [-0.1, -0.05) is 29.8 Å². The van der Waals surface area contributed by atoms with Crippen LogP contribution in [0.15, 0.2) is 24.3 Å². The minimum atomic E-state index is -3.40. The average Bonchev–Trinajstić information content (AvgIpc) is 2.27. The van der Waals surface area contributed by atoms with Gasteiger partial charge in [-0.3, -0.25) is 13.6 Å². The molecule has 0 aliphatic heterocycles. The minimum absolute atomic E-state index is 0.221. The van der Waals surface area contributed by atoms with E-state index < -0.39 is 7.82 Å². The van der Waals surface area contributed by atoms with Gasteiger partial charge in [0.15, 0.2) is 0 Å². The third-order valence-corrected chi connectivity index (χ3v) is 3.64. The first-order valence-corrected chi connectivity index (χ1v) is 7.15. The molecule has 0 aromatic heterocycles. The second kappa shape index (κ2) is 6.92. The van der Waals surface area contributed by atoms with Crippen molar-refractivity contribution in [3.8, 4) is 0 Å². The maximum absolute atomic E-state index is 12.0. The van der Waals surface area contributed by atoms with Crippen molar-refractivity contribution in [2.45, 2.75) is 27.4 Å². The highest BCUT2D eigenvalue weighted by atomic mass is 31.2. The quantitative estimate of drug-likeness (QED) is 0.699. The van der Waals surface area contributed by atoms with Crippen molar-refractivity contribution in [2.75, 3.05) is 13.2 Å². The van der Waals surface area contributed by atoms with Gasteiger partial charge in [-0.15, -0.1) is 0 Å². The topological polar surface area (TPSA) is 44.8 Å². The van der Waals surface area contributed by atoms with E-state index in [-0.39, 0.29) is 6.61 Å². The Kier molecular flexibility index (Phi) is 5.86. The van der Waals surface area contributed by atoms with Crippen molar-refractivity contribution >= 4 is 7.82 Å². The molecule has 1 rings (SSSR count). The first kappa shape index (κ1) is 14.4. The Morgan fingerprint density at radius 2 is 1.76 bits per heavy atom. The molecule has 0 saturated heterocycles. The van der Waals surface area contributed by atoms with Crippen LogP contribution in [-0.2, 0) is 24.7 Å². The second-order valence-electron chi connectivity index (χ2n) is 3.55. The monoisotopic (exact) mass is 258 g/mol. The zero-order valence-electron chi connectivity index (χ0n) is 10.5. The van der Waals surface area contributed by atoms with Crippen LogP contribution < -0.4 is 0 Å². The molecule has 0 spiro atoms. The minimum Gasteiger partial charge on any atom is -0.287 e. The summed E-state index contributed by atoms with van der Waals surface area (Å²) in [6, 6.07) is 7.81. The van der Waals surface area contributed by atoms with E-state index in [1.54, 1.807) is 13.8 Å². The molecule has 96 valence electrons. The summed E-state index contributed by atoms with van der Waals surface area (Å²) < 4.78 is 27.3. The predicted octanol–water partition coefficient (Wildman–Crippen LogP) is 3.69. The lowest BCUT2D eigenvalue weighted by Gasteiger charge is -2.16. The molecule has 0 radical (unpaired) electrons. The van der Waals surface area contributed by atoms with E-state index in [1.165, 1.54) is 0 Å². The first-order chi connectivity index (χ1) is 8.09. The number of benzene rings is 1. The van der Waals surface area contributed by atoms with Crippen LogP contribution in [0.5, 0.6) is 0 Å². The fraction of sp³-hybridized carbons (Fsp3) is 0.500. The van der Waals surface area contributed by atoms with E-state index in [9.17, 15) is 4.57 Å².